The number of imide groups is 1. The monoisotopic (exact) mass is 394 g/mol. The van der Waals surface area contributed by atoms with Gasteiger partial charge in [0.05, 0.1) is 22.5 Å². The zero-order valence-corrected chi connectivity index (χ0v) is 14.7. The summed E-state index contributed by atoms with van der Waals surface area (Å²) in [4.78, 5) is 35.4. The van der Waals surface area contributed by atoms with Gasteiger partial charge in [-0.2, -0.15) is 0 Å². The van der Waals surface area contributed by atoms with E-state index in [0.29, 0.717) is 10.8 Å². The molecule has 0 unspecified atom stereocenters. The van der Waals surface area contributed by atoms with Crippen LogP contribution in [0.1, 0.15) is 5.76 Å². The van der Waals surface area contributed by atoms with Crippen LogP contribution in [0.2, 0.25) is 5.02 Å². The lowest BCUT2D eigenvalue weighted by atomic mass is 10.3. The van der Waals surface area contributed by atoms with Crippen LogP contribution in [0.25, 0.3) is 6.08 Å². The van der Waals surface area contributed by atoms with Crippen LogP contribution < -0.4 is 4.74 Å². The fraction of sp³-hybridized carbons (Fsp3) is 0.125. The first-order chi connectivity index (χ1) is 12.5. The SMILES string of the molecule is O=C1S/C(=C\c2ccc([N+](=O)[O-])o2)C(=O)N1CCOc1ccccc1Cl. The molecule has 1 saturated heterocycles. The number of carbonyl (C=O) groups is 2. The summed E-state index contributed by atoms with van der Waals surface area (Å²) in [5.74, 6) is -0.375. The van der Waals surface area contributed by atoms with E-state index in [0.717, 1.165) is 16.7 Å². The normalized spacial score (nSPS) is 15.7. The van der Waals surface area contributed by atoms with Gasteiger partial charge in [-0.3, -0.25) is 24.6 Å². The lowest BCUT2D eigenvalue weighted by Crippen LogP contribution is -2.32. The number of furan rings is 1. The minimum Gasteiger partial charge on any atom is -0.490 e. The molecule has 0 spiro atoms. The first-order valence-corrected chi connectivity index (χ1v) is 8.52. The van der Waals surface area contributed by atoms with Gasteiger partial charge in [0.2, 0.25) is 0 Å². The Bertz CT molecular complexity index is 910. The highest BCUT2D eigenvalue weighted by molar-refractivity contribution is 8.18. The van der Waals surface area contributed by atoms with Gasteiger partial charge in [-0.15, -0.1) is 0 Å². The molecule has 0 atom stereocenters. The first kappa shape index (κ1) is 18.0. The number of benzene rings is 1. The standard InChI is InChI=1S/C16H11ClN2O6S/c17-11-3-1-2-4-12(11)24-8-7-18-15(20)13(26-16(18)21)9-10-5-6-14(25-10)19(22)23/h1-6,9H,7-8H2/b13-9-. The molecule has 1 aromatic carbocycles. The van der Waals surface area contributed by atoms with Crippen molar-refractivity contribution >= 4 is 46.5 Å². The predicted octanol–water partition coefficient (Wildman–Crippen LogP) is 3.96. The zero-order valence-electron chi connectivity index (χ0n) is 13.1. The lowest BCUT2D eigenvalue weighted by Gasteiger charge is -2.13. The maximum absolute atomic E-state index is 12.3. The second kappa shape index (κ2) is 7.63. The smallest absolute Gasteiger partial charge is 0.433 e. The van der Waals surface area contributed by atoms with E-state index in [9.17, 15) is 19.7 Å². The number of para-hydroxylation sites is 1. The van der Waals surface area contributed by atoms with Crippen LogP contribution >= 0.6 is 23.4 Å². The maximum Gasteiger partial charge on any atom is 0.433 e. The van der Waals surface area contributed by atoms with E-state index in [1.807, 2.05) is 0 Å². The molecule has 0 N–H and O–H groups in total. The van der Waals surface area contributed by atoms with Crippen molar-refractivity contribution in [3.8, 4) is 5.75 Å². The van der Waals surface area contributed by atoms with Crippen molar-refractivity contribution in [2.45, 2.75) is 0 Å². The van der Waals surface area contributed by atoms with Crippen molar-refractivity contribution in [1.82, 2.24) is 4.90 Å². The third-order valence-corrected chi connectivity index (χ3v) is 4.57. The van der Waals surface area contributed by atoms with Crippen LogP contribution in [0, 0.1) is 10.1 Å². The molecule has 134 valence electrons. The van der Waals surface area contributed by atoms with Crippen molar-refractivity contribution in [2.75, 3.05) is 13.2 Å². The summed E-state index contributed by atoms with van der Waals surface area (Å²) in [5.41, 5.74) is 0. The minimum absolute atomic E-state index is 0.0472. The van der Waals surface area contributed by atoms with Gasteiger partial charge in [0, 0.05) is 6.08 Å². The average molecular weight is 395 g/mol. The summed E-state index contributed by atoms with van der Waals surface area (Å²) in [6.45, 7) is 0.132. The Kier molecular flexibility index (Phi) is 5.29. The number of ether oxygens (including phenoxy) is 1. The Balaban J connectivity index is 1.64. The molecule has 1 aliphatic heterocycles. The van der Waals surface area contributed by atoms with Crippen molar-refractivity contribution in [2.24, 2.45) is 0 Å². The fourth-order valence-corrected chi connectivity index (χ4v) is 3.18. The summed E-state index contributed by atoms with van der Waals surface area (Å²) in [6, 6.07) is 9.39. The van der Waals surface area contributed by atoms with Gasteiger partial charge in [-0.25, -0.2) is 0 Å². The summed E-state index contributed by atoms with van der Waals surface area (Å²) in [7, 11) is 0. The van der Waals surface area contributed by atoms with E-state index < -0.39 is 22.0 Å². The molecular weight excluding hydrogens is 384 g/mol. The van der Waals surface area contributed by atoms with Gasteiger partial charge in [0.15, 0.2) is 0 Å². The van der Waals surface area contributed by atoms with Gasteiger partial charge < -0.3 is 9.15 Å². The highest BCUT2D eigenvalue weighted by atomic mass is 35.5. The Morgan fingerprint density at radius 1 is 1.27 bits per heavy atom. The molecule has 26 heavy (non-hydrogen) atoms. The highest BCUT2D eigenvalue weighted by Gasteiger charge is 2.35. The van der Waals surface area contributed by atoms with Gasteiger partial charge in [0.25, 0.3) is 11.1 Å². The third kappa shape index (κ3) is 3.89. The average Bonchev–Trinajstić information content (AvgIpc) is 3.17. The lowest BCUT2D eigenvalue weighted by molar-refractivity contribution is -0.402. The van der Waals surface area contributed by atoms with Crippen molar-refractivity contribution in [3.63, 3.8) is 0 Å². The number of nitro groups is 1. The van der Waals surface area contributed by atoms with Gasteiger partial charge in [0.1, 0.15) is 23.0 Å². The Morgan fingerprint density at radius 3 is 2.73 bits per heavy atom. The highest BCUT2D eigenvalue weighted by Crippen LogP contribution is 2.33. The second-order valence-corrected chi connectivity index (χ2v) is 6.45. The number of rotatable bonds is 6. The van der Waals surface area contributed by atoms with Crippen LogP contribution in [0.15, 0.2) is 45.7 Å². The number of nitrogens with zero attached hydrogens (tertiary/aromatic N) is 2. The molecule has 0 bridgehead atoms. The van der Waals surface area contributed by atoms with E-state index in [1.54, 1.807) is 24.3 Å². The van der Waals surface area contributed by atoms with Crippen molar-refractivity contribution in [3.05, 3.63) is 62.2 Å². The molecule has 0 radical (unpaired) electrons. The number of hydrogen-bond acceptors (Lipinski definition) is 7. The van der Waals surface area contributed by atoms with Crippen LogP contribution in [-0.2, 0) is 4.79 Å². The van der Waals surface area contributed by atoms with Crippen LogP contribution in [0.3, 0.4) is 0 Å². The summed E-state index contributed by atoms with van der Waals surface area (Å²) in [5, 5.41) is 10.6. The molecule has 0 aliphatic carbocycles. The number of carbonyl (C=O) groups excluding carboxylic acids is 2. The number of hydrogen-bond donors (Lipinski definition) is 0. The topological polar surface area (TPSA) is 103 Å². The molecule has 1 aliphatic rings. The second-order valence-electron chi connectivity index (χ2n) is 5.05. The van der Waals surface area contributed by atoms with Crippen LogP contribution in [-0.4, -0.2) is 34.1 Å². The Morgan fingerprint density at radius 2 is 2.04 bits per heavy atom. The van der Waals surface area contributed by atoms with E-state index in [1.165, 1.54) is 18.2 Å². The van der Waals surface area contributed by atoms with Crippen LogP contribution in [0.4, 0.5) is 10.7 Å². The van der Waals surface area contributed by atoms with E-state index in [-0.39, 0.29) is 23.8 Å². The van der Waals surface area contributed by atoms with Crippen molar-refractivity contribution in [1.29, 1.82) is 0 Å². The zero-order chi connectivity index (χ0) is 18.7. The van der Waals surface area contributed by atoms with E-state index in [2.05, 4.69) is 0 Å². The largest absolute Gasteiger partial charge is 0.490 e. The van der Waals surface area contributed by atoms with E-state index in [4.69, 9.17) is 20.8 Å². The number of amides is 2. The van der Waals surface area contributed by atoms with Crippen molar-refractivity contribution < 1.29 is 23.7 Å². The summed E-state index contributed by atoms with van der Waals surface area (Å²) >= 11 is 6.70. The first-order valence-electron chi connectivity index (χ1n) is 7.32. The molecule has 8 nitrogen and oxygen atoms in total. The molecule has 2 amide bonds. The summed E-state index contributed by atoms with van der Waals surface area (Å²) < 4.78 is 10.4. The molecular formula is C16H11ClN2O6S. The predicted molar refractivity (Wildman–Crippen MR) is 95.0 cm³/mol. The summed E-state index contributed by atoms with van der Waals surface area (Å²) in [6.07, 6.45) is 1.30. The number of thioether (sulfide) groups is 1. The molecule has 1 aromatic heterocycles. The van der Waals surface area contributed by atoms with Gasteiger partial charge in [-0.05, 0) is 30.0 Å². The molecule has 2 aromatic rings. The molecule has 1 fully saturated rings. The van der Waals surface area contributed by atoms with E-state index >= 15 is 0 Å². The molecule has 10 heteroatoms. The quantitative estimate of drug-likeness (QED) is 0.415. The molecule has 0 saturated carbocycles. The van der Waals surface area contributed by atoms with Gasteiger partial charge in [-0.1, -0.05) is 23.7 Å². The molecule has 2 heterocycles. The maximum atomic E-state index is 12.3. The van der Waals surface area contributed by atoms with Crippen LogP contribution in [0.5, 0.6) is 5.75 Å². The van der Waals surface area contributed by atoms with Gasteiger partial charge >= 0.3 is 5.88 Å². The third-order valence-electron chi connectivity index (χ3n) is 3.35. The number of halogens is 1. The fourth-order valence-electron chi connectivity index (χ4n) is 2.15. The Hall–Kier alpha value is -2.78. The Labute approximate surface area is 156 Å². The minimum atomic E-state index is -0.685. The molecule has 3 rings (SSSR count).